The van der Waals surface area contributed by atoms with Gasteiger partial charge in [-0.05, 0) is 23.7 Å². The maximum atomic E-state index is 6.10. The standard InChI is InChI=1S/C19H32N2O2/c1-17(2,3)13-11-22-15(20-13)19(9-7-8-10-19)16-21-14(12-23-16)18(4,5)6/h13-14H,7-12H2,1-6H3. The summed E-state index contributed by atoms with van der Waals surface area (Å²) in [5, 5.41) is 0. The van der Waals surface area contributed by atoms with Gasteiger partial charge in [0.2, 0.25) is 0 Å². The Morgan fingerprint density at radius 3 is 1.48 bits per heavy atom. The third-order valence-electron chi connectivity index (χ3n) is 5.58. The van der Waals surface area contributed by atoms with Crippen molar-refractivity contribution < 1.29 is 9.47 Å². The summed E-state index contributed by atoms with van der Waals surface area (Å²) in [6, 6.07) is 0.464. The zero-order valence-electron chi connectivity index (χ0n) is 15.6. The Hall–Kier alpha value is -1.06. The SMILES string of the molecule is CC(C)(C)C1COC(C2(C3=NC(C(C)(C)C)CO3)CCCC2)=N1. The molecule has 0 spiro atoms. The van der Waals surface area contributed by atoms with E-state index in [1.54, 1.807) is 0 Å². The van der Waals surface area contributed by atoms with Gasteiger partial charge in [0.1, 0.15) is 18.6 Å². The molecule has 0 radical (unpaired) electrons. The maximum absolute atomic E-state index is 6.10. The van der Waals surface area contributed by atoms with E-state index in [0.717, 1.165) is 24.6 Å². The molecule has 1 aliphatic carbocycles. The Labute approximate surface area is 140 Å². The first-order chi connectivity index (χ1) is 10.6. The predicted molar refractivity (Wildman–Crippen MR) is 94.2 cm³/mol. The van der Waals surface area contributed by atoms with Crippen molar-refractivity contribution in [2.45, 2.75) is 79.3 Å². The molecule has 23 heavy (non-hydrogen) atoms. The molecule has 0 saturated heterocycles. The molecule has 130 valence electrons. The summed E-state index contributed by atoms with van der Waals surface area (Å²) in [6.45, 7) is 14.8. The number of rotatable bonds is 2. The number of ether oxygens (including phenoxy) is 2. The average Bonchev–Trinajstić information content (AvgIpc) is 3.17. The first kappa shape index (κ1) is 16.8. The fourth-order valence-electron chi connectivity index (χ4n) is 3.66. The molecule has 0 aromatic heterocycles. The zero-order valence-corrected chi connectivity index (χ0v) is 15.6. The molecule has 0 aromatic rings. The Bertz CT molecular complexity index is 474. The number of hydrogen-bond acceptors (Lipinski definition) is 4. The van der Waals surface area contributed by atoms with Crippen LogP contribution in [0, 0.1) is 16.2 Å². The Morgan fingerprint density at radius 1 is 0.783 bits per heavy atom. The minimum absolute atomic E-state index is 0.133. The summed E-state index contributed by atoms with van der Waals surface area (Å²) in [6.07, 6.45) is 4.51. The third-order valence-corrected chi connectivity index (χ3v) is 5.58. The molecule has 2 unspecified atom stereocenters. The van der Waals surface area contributed by atoms with E-state index >= 15 is 0 Å². The third kappa shape index (κ3) is 3.01. The molecule has 0 N–H and O–H groups in total. The Kier molecular flexibility index (Phi) is 4.01. The second-order valence-electron chi connectivity index (χ2n) is 9.54. The predicted octanol–water partition coefficient (Wildman–Crippen LogP) is 4.23. The van der Waals surface area contributed by atoms with Crippen LogP contribution < -0.4 is 0 Å². The van der Waals surface area contributed by atoms with Crippen molar-refractivity contribution in [1.29, 1.82) is 0 Å². The fourth-order valence-corrected chi connectivity index (χ4v) is 3.66. The normalized spacial score (nSPS) is 30.7. The lowest BCUT2D eigenvalue weighted by atomic mass is 9.84. The molecule has 3 rings (SSSR count). The summed E-state index contributed by atoms with van der Waals surface area (Å²) in [5.74, 6) is 1.78. The second-order valence-corrected chi connectivity index (χ2v) is 9.54. The minimum Gasteiger partial charge on any atom is -0.478 e. The summed E-state index contributed by atoms with van der Waals surface area (Å²) in [4.78, 5) is 9.96. The molecule has 2 heterocycles. The van der Waals surface area contributed by atoms with E-state index in [1.807, 2.05) is 0 Å². The van der Waals surface area contributed by atoms with E-state index in [4.69, 9.17) is 19.5 Å². The molecule has 1 saturated carbocycles. The van der Waals surface area contributed by atoms with Gasteiger partial charge in [0, 0.05) is 0 Å². The highest BCUT2D eigenvalue weighted by molar-refractivity contribution is 6.06. The van der Waals surface area contributed by atoms with Crippen molar-refractivity contribution >= 4 is 11.8 Å². The lowest BCUT2D eigenvalue weighted by Crippen LogP contribution is -2.37. The van der Waals surface area contributed by atoms with Gasteiger partial charge in [-0.15, -0.1) is 0 Å². The Balaban J connectivity index is 1.90. The maximum Gasteiger partial charge on any atom is 0.199 e. The van der Waals surface area contributed by atoms with E-state index in [0.29, 0.717) is 13.2 Å². The van der Waals surface area contributed by atoms with Crippen LogP contribution in [-0.4, -0.2) is 37.1 Å². The van der Waals surface area contributed by atoms with E-state index in [-0.39, 0.29) is 28.3 Å². The number of aliphatic imine (C=N–C) groups is 2. The highest BCUT2D eigenvalue weighted by atomic mass is 16.5. The molecule has 0 aromatic carbocycles. The van der Waals surface area contributed by atoms with Crippen molar-refractivity contribution in [3.63, 3.8) is 0 Å². The highest BCUT2D eigenvalue weighted by Crippen LogP contribution is 2.46. The quantitative estimate of drug-likeness (QED) is 0.764. The van der Waals surface area contributed by atoms with Gasteiger partial charge >= 0.3 is 0 Å². The van der Waals surface area contributed by atoms with Gasteiger partial charge in [0.25, 0.3) is 0 Å². The summed E-state index contributed by atoms with van der Waals surface area (Å²) >= 11 is 0. The van der Waals surface area contributed by atoms with E-state index in [1.165, 1.54) is 12.8 Å². The molecule has 0 bridgehead atoms. The second kappa shape index (κ2) is 5.49. The van der Waals surface area contributed by atoms with E-state index in [9.17, 15) is 0 Å². The summed E-state index contributed by atoms with van der Waals surface area (Å²) in [5.41, 5.74) is 0.0711. The molecule has 4 nitrogen and oxygen atoms in total. The van der Waals surface area contributed by atoms with Crippen LogP contribution in [0.4, 0.5) is 0 Å². The molecular weight excluding hydrogens is 288 g/mol. The number of hydrogen-bond donors (Lipinski definition) is 0. The van der Waals surface area contributed by atoms with Gasteiger partial charge in [-0.2, -0.15) is 0 Å². The Morgan fingerprint density at radius 2 is 1.17 bits per heavy atom. The van der Waals surface area contributed by atoms with Gasteiger partial charge in [-0.1, -0.05) is 54.4 Å². The summed E-state index contributed by atoms with van der Waals surface area (Å²) < 4.78 is 12.2. The smallest absolute Gasteiger partial charge is 0.199 e. The first-order valence-electron chi connectivity index (χ1n) is 9.05. The van der Waals surface area contributed by atoms with Gasteiger partial charge < -0.3 is 9.47 Å². The van der Waals surface area contributed by atoms with Crippen molar-refractivity contribution in [3.05, 3.63) is 0 Å². The van der Waals surface area contributed by atoms with E-state index < -0.39 is 0 Å². The van der Waals surface area contributed by atoms with Crippen LogP contribution in [0.25, 0.3) is 0 Å². The molecule has 3 aliphatic rings. The van der Waals surface area contributed by atoms with Gasteiger partial charge in [-0.25, -0.2) is 9.98 Å². The molecular formula is C19H32N2O2. The molecule has 1 fully saturated rings. The fraction of sp³-hybridized carbons (Fsp3) is 0.895. The molecule has 2 atom stereocenters. The van der Waals surface area contributed by atoms with Gasteiger partial charge in [0.15, 0.2) is 11.8 Å². The topological polar surface area (TPSA) is 43.2 Å². The largest absolute Gasteiger partial charge is 0.478 e. The first-order valence-corrected chi connectivity index (χ1v) is 9.05. The van der Waals surface area contributed by atoms with Crippen molar-refractivity contribution in [3.8, 4) is 0 Å². The molecule has 0 amide bonds. The highest BCUT2D eigenvalue weighted by Gasteiger charge is 2.51. The van der Waals surface area contributed by atoms with Crippen LogP contribution in [0.2, 0.25) is 0 Å². The van der Waals surface area contributed by atoms with Crippen LogP contribution in [0.5, 0.6) is 0 Å². The van der Waals surface area contributed by atoms with Gasteiger partial charge in [-0.3, -0.25) is 0 Å². The zero-order chi connectivity index (χ0) is 16.9. The average molecular weight is 320 g/mol. The van der Waals surface area contributed by atoms with Crippen LogP contribution in [0.15, 0.2) is 9.98 Å². The van der Waals surface area contributed by atoms with Crippen molar-refractivity contribution in [2.75, 3.05) is 13.2 Å². The van der Waals surface area contributed by atoms with Crippen molar-refractivity contribution in [1.82, 2.24) is 0 Å². The minimum atomic E-state index is -0.194. The monoisotopic (exact) mass is 320 g/mol. The van der Waals surface area contributed by atoms with E-state index in [2.05, 4.69) is 41.5 Å². The van der Waals surface area contributed by atoms with Crippen LogP contribution >= 0.6 is 0 Å². The number of nitrogens with zero attached hydrogens (tertiary/aromatic N) is 2. The van der Waals surface area contributed by atoms with Crippen LogP contribution in [0.1, 0.15) is 67.2 Å². The lowest BCUT2D eigenvalue weighted by Gasteiger charge is -2.27. The van der Waals surface area contributed by atoms with Gasteiger partial charge in [0.05, 0.1) is 12.1 Å². The lowest BCUT2D eigenvalue weighted by molar-refractivity contribution is 0.208. The van der Waals surface area contributed by atoms with Crippen LogP contribution in [-0.2, 0) is 9.47 Å². The molecule has 4 heteroatoms. The summed E-state index contributed by atoms with van der Waals surface area (Å²) in [7, 11) is 0. The van der Waals surface area contributed by atoms with Crippen molar-refractivity contribution in [2.24, 2.45) is 26.2 Å². The van der Waals surface area contributed by atoms with Crippen LogP contribution in [0.3, 0.4) is 0 Å². The molecule has 2 aliphatic heterocycles.